The first-order chi connectivity index (χ1) is 10.6. The minimum atomic E-state index is -0.459. The van der Waals surface area contributed by atoms with Crippen LogP contribution in [-0.2, 0) is 14.2 Å². The maximum atomic E-state index is 7.14. The summed E-state index contributed by atoms with van der Waals surface area (Å²) in [5.74, 6) is 0.398. The zero-order valence-electron chi connectivity index (χ0n) is 15.4. The molecule has 0 radical (unpaired) electrons. The molecule has 3 heterocycles. The van der Waals surface area contributed by atoms with Crippen LogP contribution in [0.2, 0.25) is 0 Å². The van der Waals surface area contributed by atoms with Gasteiger partial charge in [-0.15, -0.1) is 0 Å². The van der Waals surface area contributed by atoms with Crippen LogP contribution in [0.3, 0.4) is 0 Å². The van der Waals surface area contributed by atoms with Crippen molar-refractivity contribution in [1.29, 1.82) is 0 Å². The summed E-state index contributed by atoms with van der Waals surface area (Å²) in [6, 6.07) is 0. The third-order valence-corrected chi connectivity index (χ3v) is 8.87. The molecule has 2 bridgehead atoms. The molecule has 0 aromatic carbocycles. The highest BCUT2D eigenvalue weighted by atomic mass is 16.8. The van der Waals surface area contributed by atoms with Gasteiger partial charge in [-0.3, -0.25) is 0 Å². The molecular formula is C20H30O3. The second kappa shape index (κ2) is 3.17. The molecule has 3 saturated carbocycles. The van der Waals surface area contributed by atoms with Crippen LogP contribution in [0.5, 0.6) is 0 Å². The quantitative estimate of drug-likeness (QED) is 0.673. The van der Waals surface area contributed by atoms with Gasteiger partial charge in [0.05, 0.1) is 12.2 Å². The molecule has 128 valence electrons. The van der Waals surface area contributed by atoms with Crippen molar-refractivity contribution in [1.82, 2.24) is 0 Å². The van der Waals surface area contributed by atoms with E-state index in [1.807, 2.05) is 0 Å². The maximum Gasteiger partial charge on any atom is 0.183 e. The highest BCUT2D eigenvalue weighted by Gasteiger charge is 3.00. The zero-order chi connectivity index (χ0) is 16.3. The zero-order valence-corrected chi connectivity index (χ0v) is 15.4. The topological polar surface area (TPSA) is 27.7 Å². The van der Waals surface area contributed by atoms with E-state index in [0.29, 0.717) is 11.8 Å². The first-order valence-electron chi connectivity index (χ1n) is 9.64. The lowest BCUT2D eigenvalue weighted by atomic mass is 9.50. The van der Waals surface area contributed by atoms with Crippen molar-refractivity contribution >= 4 is 0 Å². The summed E-state index contributed by atoms with van der Waals surface area (Å²) >= 11 is 0. The third kappa shape index (κ3) is 0.921. The van der Waals surface area contributed by atoms with Crippen molar-refractivity contribution in [3.05, 3.63) is 0 Å². The van der Waals surface area contributed by atoms with Crippen molar-refractivity contribution in [3.8, 4) is 0 Å². The standard InChI is InChI=1S/C20H30O3/c1-15(2,3)19-17-8-7-9-18(17)12-10-11(17)13(21-19)14(12)22-20(18,23-19)16(4,5)6/h11-14H,7-10H2,1-6H3/t11-,12+,13-,14+,17+,18-,19-,20+. The molecule has 8 atom stereocenters. The van der Waals surface area contributed by atoms with Crippen LogP contribution < -0.4 is 0 Å². The normalized spacial score (nSPS) is 64.4. The van der Waals surface area contributed by atoms with E-state index in [-0.39, 0.29) is 33.9 Å². The van der Waals surface area contributed by atoms with E-state index in [9.17, 15) is 0 Å². The van der Waals surface area contributed by atoms with Crippen LogP contribution in [-0.4, -0.2) is 23.8 Å². The lowest BCUT2D eigenvalue weighted by molar-refractivity contribution is -0.360. The molecule has 0 N–H and O–H groups in total. The number of ether oxygens (including phenoxy) is 3. The minimum Gasteiger partial charge on any atom is -0.342 e. The molecule has 3 nitrogen and oxygen atoms in total. The average molecular weight is 318 g/mol. The van der Waals surface area contributed by atoms with Gasteiger partial charge in [0.25, 0.3) is 0 Å². The number of hydrogen-bond acceptors (Lipinski definition) is 3. The molecule has 0 unspecified atom stereocenters. The van der Waals surface area contributed by atoms with E-state index in [4.69, 9.17) is 14.2 Å². The second-order valence-corrected chi connectivity index (χ2v) is 11.2. The van der Waals surface area contributed by atoms with E-state index in [2.05, 4.69) is 41.5 Å². The monoisotopic (exact) mass is 318 g/mol. The Morgan fingerprint density at radius 3 is 1.57 bits per heavy atom. The molecule has 6 rings (SSSR count). The molecule has 2 spiro atoms. The largest absolute Gasteiger partial charge is 0.342 e. The van der Waals surface area contributed by atoms with E-state index in [0.717, 1.165) is 0 Å². The van der Waals surface area contributed by atoms with Crippen LogP contribution in [0.4, 0.5) is 0 Å². The fraction of sp³-hybridized carbons (Fsp3) is 1.00. The molecule has 3 aliphatic heterocycles. The molecule has 0 aromatic heterocycles. The summed E-state index contributed by atoms with van der Waals surface area (Å²) in [5.41, 5.74) is 0.321. The Labute approximate surface area is 139 Å². The Morgan fingerprint density at radius 2 is 1.17 bits per heavy atom. The molecule has 3 aliphatic carbocycles. The fourth-order valence-corrected chi connectivity index (χ4v) is 8.81. The summed E-state index contributed by atoms with van der Waals surface area (Å²) in [5, 5.41) is 0. The van der Waals surface area contributed by atoms with Gasteiger partial charge in [-0.25, -0.2) is 0 Å². The van der Waals surface area contributed by atoms with Crippen LogP contribution in [0.1, 0.15) is 67.2 Å². The van der Waals surface area contributed by atoms with Crippen molar-refractivity contribution < 1.29 is 14.2 Å². The highest BCUT2D eigenvalue weighted by molar-refractivity contribution is 5.41. The molecule has 6 fully saturated rings. The van der Waals surface area contributed by atoms with Gasteiger partial charge in [-0.05, 0) is 31.1 Å². The lowest BCUT2D eigenvalue weighted by Crippen LogP contribution is -2.56. The molecule has 0 amide bonds. The summed E-state index contributed by atoms with van der Waals surface area (Å²) in [7, 11) is 0. The summed E-state index contributed by atoms with van der Waals surface area (Å²) in [4.78, 5) is 0. The van der Waals surface area contributed by atoms with E-state index in [1.54, 1.807) is 0 Å². The summed E-state index contributed by atoms with van der Waals surface area (Å²) < 4.78 is 21.0. The van der Waals surface area contributed by atoms with Crippen molar-refractivity contribution in [2.45, 2.75) is 91.0 Å². The van der Waals surface area contributed by atoms with Crippen LogP contribution in [0, 0.1) is 33.5 Å². The second-order valence-electron chi connectivity index (χ2n) is 11.2. The summed E-state index contributed by atoms with van der Waals surface area (Å²) in [6.07, 6.45) is 5.73. The Balaban J connectivity index is 1.75. The molecular weight excluding hydrogens is 288 g/mol. The van der Waals surface area contributed by atoms with Crippen LogP contribution in [0.25, 0.3) is 0 Å². The van der Waals surface area contributed by atoms with E-state index < -0.39 is 11.6 Å². The van der Waals surface area contributed by atoms with E-state index >= 15 is 0 Å². The smallest absolute Gasteiger partial charge is 0.183 e. The van der Waals surface area contributed by atoms with Gasteiger partial charge >= 0.3 is 0 Å². The SMILES string of the molecule is CC(C)(C)[C@]12O[C@@H]3[C@@H]4O[C@](C(C)(C)C)(O1)[C@]15CCC[C@]21[C@H]3C[C@H]45. The first-order valence-corrected chi connectivity index (χ1v) is 9.64. The van der Waals surface area contributed by atoms with Gasteiger partial charge in [0, 0.05) is 21.7 Å². The Morgan fingerprint density at radius 1 is 0.739 bits per heavy atom. The van der Waals surface area contributed by atoms with Gasteiger partial charge in [0.2, 0.25) is 0 Å². The molecule has 3 saturated heterocycles. The minimum absolute atomic E-state index is 0.0277. The third-order valence-electron chi connectivity index (χ3n) is 8.87. The molecule has 0 aromatic rings. The number of fused-ring (bicyclic) bond motifs is 1. The Kier molecular flexibility index (Phi) is 1.94. The summed E-state index contributed by atoms with van der Waals surface area (Å²) in [6.45, 7) is 13.9. The van der Waals surface area contributed by atoms with E-state index in [1.165, 1.54) is 25.7 Å². The van der Waals surface area contributed by atoms with Gasteiger partial charge in [0.1, 0.15) is 0 Å². The first kappa shape index (κ1) is 14.1. The van der Waals surface area contributed by atoms with Crippen molar-refractivity contribution in [2.75, 3.05) is 0 Å². The number of rotatable bonds is 0. The Bertz CT molecular complexity index is 578. The van der Waals surface area contributed by atoms with Crippen molar-refractivity contribution in [2.24, 2.45) is 33.5 Å². The molecule has 3 heteroatoms. The van der Waals surface area contributed by atoms with Crippen molar-refractivity contribution in [3.63, 3.8) is 0 Å². The average Bonchev–Trinajstić information content (AvgIpc) is 3.07. The number of hydrogen-bond donors (Lipinski definition) is 0. The maximum absolute atomic E-state index is 7.14. The van der Waals surface area contributed by atoms with Gasteiger partial charge in [0.15, 0.2) is 11.6 Å². The highest BCUT2D eigenvalue weighted by Crippen LogP contribution is 2.94. The van der Waals surface area contributed by atoms with Gasteiger partial charge < -0.3 is 14.2 Å². The predicted molar refractivity (Wildman–Crippen MR) is 85.5 cm³/mol. The lowest BCUT2D eigenvalue weighted by Gasteiger charge is -2.48. The Hall–Kier alpha value is -0.120. The van der Waals surface area contributed by atoms with Gasteiger partial charge in [-0.1, -0.05) is 48.0 Å². The predicted octanol–water partition coefficient (Wildman–Crippen LogP) is 4.11. The molecule has 23 heavy (non-hydrogen) atoms. The van der Waals surface area contributed by atoms with Crippen LogP contribution >= 0.6 is 0 Å². The molecule has 6 aliphatic rings. The van der Waals surface area contributed by atoms with Gasteiger partial charge in [-0.2, -0.15) is 0 Å². The fourth-order valence-electron chi connectivity index (χ4n) is 8.81. The van der Waals surface area contributed by atoms with Crippen LogP contribution in [0.15, 0.2) is 0 Å².